The molecule has 2 rings (SSSR count). The van der Waals surface area contributed by atoms with Crippen LogP contribution in [0.25, 0.3) is 0 Å². The second-order valence-electron chi connectivity index (χ2n) is 4.77. The van der Waals surface area contributed by atoms with E-state index in [0.717, 1.165) is 49.7 Å². The van der Waals surface area contributed by atoms with E-state index in [4.69, 9.17) is 21.1 Å². The molecule has 1 unspecified atom stereocenters. The highest BCUT2D eigenvalue weighted by Gasteiger charge is 2.22. The van der Waals surface area contributed by atoms with E-state index in [1.807, 2.05) is 24.3 Å². The summed E-state index contributed by atoms with van der Waals surface area (Å²) >= 11 is 6.28. The third kappa shape index (κ3) is 4.46. The molecule has 19 heavy (non-hydrogen) atoms. The smallest absolute Gasteiger partial charge is 0.0967 e. The van der Waals surface area contributed by atoms with Gasteiger partial charge in [0.2, 0.25) is 0 Å². The lowest BCUT2D eigenvalue weighted by atomic mass is 10.1. The molecule has 1 aliphatic rings. The largest absolute Gasteiger partial charge is 0.381 e. The Hall–Kier alpha value is -0.610. The first kappa shape index (κ1) is 14.8. The molecule has 0 saturated carbocycles. The van der Waals surface area contributed by atoms with Crippen LogP contribution in [0.2, 0.25) is 5.02 Å². The van der Waals surface area contributed by atoms with E-state index in [-0.39, 0.29) is 12.2 Å². The van der Waals surface area contributed by atoms with Gasteiger partial charge in [-0.3, -0.25) is 0 Å². The second-order valence-corrected chi connectivity index (χ2v) is 5.17. The van der Waals surface area contributed by atoms with E-state index in [2.05, 4.69) is 12.2 Å². The predicted octanol–water partition coefficient (Wildman–Crippen LogP) is 3.19. The number of nitrogens with one attached hydrogen (secondary N) is 1. The van der Waals surface area contributed by atoms with Crippen molar-refractivity contribution in [3.63, 3.8) is 0 Å². The van der Waals surface area contributed by atoms with Crippen LogP contribution in [0.3, 0.4) is 0 Å². The summed E-state index contributed by atoms with van der Waals surface area (Å²) in [5, 5.41) is 4.12. The molecule has 3 nitrogen and oxygen atoms in total. The van der Waals surface area contributed by atoms with E-state index < -0.39 is 0 Å². The van der Waals surface area contributed by atoms with Crippen molar-refractivity contribution in [3.8, 4) is 0 Å². The van der Waals surface area contributed by atoms with Crippen molar-refractivity contribution >= 4 is 11.6 Å². The van der Waals surface area contributed by atoms with Crippen molar-refractivity contribution < 1.29 is 9.47 Å². The van der Waals surface area contributed by atoms with E-state index in [1.165, 1.54) is 0 Å². The summed E-state index contributed by atoms with van der Waals surface area (Å²) in [6.07, 6.45) is 2.21. The lowest BCUT2D eigenvalue weighted by Gasteiger charge is -2.28. The van der Waals surface area contributed by atoms with Crippen LogP contribution in [0.15, 0.2) is 24.3 Å². The summed E-state index contributed by atoms with van der Waals surface area (Å²) in [5.74, 6) is 0. The maximum atomic E-state index is 6.28. The van der Waals surface area contributed by atoms with Crippen molar-refractivity contribution in [2.24, 2.45) is 0 Å². The maximum absolute atomic E-state index is 6.28. The summed E-state index contributed by atoms with van der Waals surface area (Å²) in [5.41, 5.74) is 1.07. The van der Waals surface area contributed by atoms with E-state index >= 15 is 0 Å². The normalized spacial score (nSPS) is 18.4. The molecule has 4 heteroatoms. The number of rotatable bonds is 6. The zero-order valence-corrected chi connectivity index (χ0v) is 12.2. The average Bonchev–Trinajstić information content (AvgIpc) is 2.45. The molecule has 0 amide bonds. The molecule has 0 radical (unpaired) electrons. The molecule has 1 fully saturated rings. The highest BCUT2D eigenvalue weighted by atomic mass is 35.5. The summed E-state index contributed by atoms with van der Waals surface area (Å²) in [6, 6.07) is 7.92. The molecule has 1 aliphatic heterocycles. The van der Waals surface area contributed by atoms with E-state index in [9.17, 15) is 0 Å². The molecule has 0 aromatic heterocycles. The fourth-order valence-corrected chi connectivity index (χ4v) is 2.54. The van der Waals surface area contributed by atoms with Crippen molar-refractivity contribution in [1.29, 1.82) is 0 Å². The van der Waals surface area contributed by atoms with Gasteiger partial charge in [0.15, 0.2) is 0 Å². The Morgan fingerprint density at radius 1 is 1.37 bits per heavy atom. The monoisotopic (exact) mass is 283 g/mol. The zero-order valence-electron chi connectivity index (χ0n) is 11.4. The Bertz CT molecular complexity index is 380. The first-order valence-electron chi connectivity index (χ1n) is 6.99. The molecule has 1 aromatic carbocycles. The van der Waals surface area contributed by atoms with Gasteiger partial charge in [0.05, 0.1) is 12.2 Å². The third-order valence-corrected chi connectivity index (χ3v) is 3.70. The van der Waals surface area contributed by atoms with Gasteiger partial charge in [-0.1, -0.05) is 36.7 Å². The molecular weight excluding hydrogens is 262 g/mol. The standard InChI is InChI=1S/C15H22ClNO2/c1-2-17-11-15(13-5-3-4-6-14(13)16)19-12-7-9-18-10-8-12/h3-6,12,15,17H,2,7-11H2,1H3. The van der Waals surface area contributed by atoms with Gasteiger partial charge in [0.25, 0.3) is 0 Å². The molecule has 106 valence electrons. The minimum Gasteiger partial charge on any atom is -0.381 e. The number of halogens is 1. The van der Waals surface area contributed by atoms with Crippen LogP contribution in [0.5, 0.6) is 0 Å². The molecule has 1 heterocycles. The van der Waals surface area contributed by atoms with Gasteiger partial charge in [0.1, 0.15) is 0 Å². The van der Waals surface area contributed by atoms with Crippen LogP contribution >= 0.6 is 11.6 Å². The SMILES string of the molecule is CCNCC(OC1CCOCC1)c1ccccc1Cl. The predicted molar refractivity (Wildman–Crippen MR) is 77.7 cm³/mol. The molecule has 1 N–H and O–H groups in total. The highest BCUT2D eigenvalue weighted by molar-refractivity contribution is 6.31. The Kier molecular flexibility index (Phi) is 6.11. The number of likely N-dealkylation sites (N-methyl/N-ethyl adjacent to an activating group) is 1. The Balaban J connectivity index is 2.04. The van der Waals surface area contributed by atoms with Crippen LogP contribution in [-0.4, -0.2) is 32.4 Å². The second kappa shape index (κ2) is 7.85. The summed E-state index contributed by atoms with van der Waals surface area (Å²) < 4.78 is 11.6. The summed E-state index contributed by atoms with van der Waals surface area (Å²) in [7, 11) is 0. The van der Waals surface area contributed by atoms with Gasteiger partial charge in [-0.05, 0) is 25.5 Å². The number of hydrogen-bond acceptors (Lipinski definition) is 3. The lowest BCUT2D eigenvalue weighted by Crippen LogP contribution is -2.30. The van der Waals surface area contributed by atoms with Gasteiger partial charge in [-0.25, -0.2) is 0 Å². The van der Waals surface area contributed by atoms with Crippen molar-refractivity contribution in [1.82, 2.24) is 5.32 Å². The number of hydrogen-bond donors (Lipinski definition) is 1. The minimum absolute atomic E-state index is 0.0109. The van der Waals surface area contributed by atoms with Crippen molar-refractivity contribution in [2.45, 2.75) is 32.0 Å². The Morgan fingerprint density at radius 2 is 2.11 bits per heavy atom. The maximum Gasteiger partial charge on any atom is 0.0967 e. The van der Waals surface area contributed by atoms with Crippen LogP contribution in [0, 0.1) is 0 Å². The topological polar surface area (TPSA) is 30.5 Å². The molecule has 1 atom stereocenters. The highest BCUT2D eigenvalue weighted by Crippen LogP contribution is 2.28. The van der Waals surface area contributed by atoms with Crippen LogP contribution in [0.1, 0.15) is 31.4 Å². The van der Waals surface area contributed by atoms with Crippen LogP contribution in [-0.2, 0) is 9.47 Å². The van der Waals surface area contributed by atoms with Gasteiger partial charge < -0.3 is 14.8 Å². The van der Waals surface area contributed by atoms with E-state index in [1.54, 1.807) is 0 Å². The molecule has 1 saturated heterocycles. The minimum atomic E-state index is 0.0109. The average molecular weight is 284 g/mol. The zero-order chi connectivity index (χ0) is 13.5. The first-order valence-corrected chi connectivity index (χ1v) is 7.37. The number of benzene rings is 1. The van der Waals surface area contributed by atoms with Crippen molar-refractivity contribution in [3.05, 3.63) is 34.9 Å². The molecule has 0 bridgehead atoms. The van der Waals surface area contributed by atoms with Gasteiger partial charge in [0, 0.05) is 30.3 Å². The van der Waals surface area contributed by atoms with Crippen LogP contribution in [0.4, 0.5) is 0 Å². The van der Waals surface area contributed by atoms with Gasteiger partial charge in [-0.2, -0.15) is 0 Å². The Labute approximate surface area is 120 Å². The molecule has 0 spiro atoms. The fourth-order valence-electron chi connectivity index (χ4n) is 2.29. The molecule has 0 aliphatic carbocycles. The Morgan fingerprint density at radius 3 is 2.79 bits per heavy atom. The van der Waals surface area contributed by atoms with E-state index in [0.29, 0.717) is 0 Å². The fraction of sp³-hybridized carbons (Fsp3) is 0.600. The summed E-state index contributed by atoms with van der Waals surface area (Å²) in [6.45, 7) is 5.40. The number of ether oxygens (including phenoxy) is 2. The van der Waals surface area contributed by atoms with Crippen LogP contribution < -0.4 is 5.32 Å². The van der Waals surface area contributed by atoms with Gasteiger partial charge in [-0.15, -0.1) is 0 Å². The first-order chi connectivity index (χ1) is 9.31. The van der Waals surface area contributed by atoms with Gasteiger partial charge >= 0.3 is 0 Å². The lowest BCUT2D eigenvalue weighted by molar-refractivity contribution is -0.0687. The van der Waals surface area contributed by atoms with Crippen molar-refractivity contribution in [2.75, 3.05) is 26.3 Å². The quantitative estimate of drug-likeness (QED) is 0.870. The molecule has 1 aromatic rings. The molecular formula is C15H22ClNO2. The summed E-state index contributed by atoms with van der Waals surface area (Å²) in [4.78, 5) is 0. The third-order valence-electron chi connectivity index (χ3n) is 3.36.